The predicted octanol–water partition coefficient (Wildman–Crippen LogP) is 3.39. The van der Waals surface area contributed by atoms with Crippen molar-refractivity contribution in [1.29, 1.82) is 0 Å². The molecule has 1 unspecified atom stereocenters. The van der Waals surface area contributed by atoms with Crippen LogP contribution in [0.5, 0.6) is 0 Å². The maximum atomic E-state index is 13.6. The third kappa shape index (κ3) is 4.14. The molecule has 0 saturated carbocycles. The fourth-order valence-electron chi connectivity index (χ4n) is 2.23. The van der Waals surface area contributed by atoms with Gasteiger partial charge in [0.05, 0.1) is 18.7 Å². The van der Waals surface area contributed by atoms with E-state index in [1.807, 2.05) is 19.1 Å². The monoisotopic (exact) mass is 362 g/mol. The number of amides is 1. The van der Waals surface area contributed by atoms with E-state index >= 15 is 0 Å². The molecule has 1 aliphatic heterocycles. The molecule has 1 fully saturated rings. The van der Waals surface area contributed by atoms with Crippen LogP contribution in [-0.4, -0.2) is 24.7 Å². The van der Waals surface area contributed by atoms with Crippen LogP contribution in [0.2, 0.25) is 0 Å². The zero-order valence-corrected chi connectivity index (χ0v) is 13.4. The van der Waals surface area contributed by atoms with Gasteiger partial charge in [-0.3, -0.25) is 15.2 Å². The summed E-state index contributed by atoms with van der Waals surface area (Å²) in [6.45, 7) is 3.14. The van der Waals surface area contributed by atoms with E-state index in [2.05, 4.69) is 21.4 Å². The van der Waals surface area contributed by atoms with Gasteiger partial charge in [-0.15, -0.1) is 0 Å². The van der Waals surface area contributed by atoms with Crippen molar-refractivity contribution in [3.63, 3.8) is 0 Å². The fraction of sp³-hybridized carbons (Fsp3) is 0.500. The summed E-state index contributed by atoms with van der Waals surface area (Å²) in [5.74, 6) is -3.13. The van der Waals surface area contributed by atoms with Crippen LogP contribution in [0.25, 0.3) is 0 Å². The zero-order chi connectivity index (χ0) is 15.6. The molecule has 21 heavy (non-hydrogen) atoms. The molecule has 1 atom stereocenters. The number of anilines is 1. The minimum atomic E-state index is -2.79. The maximum Gasteiger partial charge on any atom is 0.254 e. The molecule has 1 amide bonds. The molecule has 1 aliphatic rings. The van der Waals surface area contributed by atoms with E-state index in [4.69, 9.17) is 4.74 Å². The average molecular weight is 363 g/mol. The molecule has 1 N–H and O–H groups in total. The maximum absolute atomic E-state index is 13.6. The summed E-state index contributed by atoms with van der Waals surface area (Å²) in [4.78, 5) is 11.4. The minimum absolute atomic E-state index is 0.0409. The van der Waals surface area contributed by atoms with E-state index in [-0.39, 0.29) is 18.9 Å². The van der Waals surface area contributed by atoms with Gasteiger partial charge >= 0.3 is 0 Å². The van der Waals surface area contributed by atoms with Crippen molar-refractivity contribution in [3.8, 4) is 0 Å². The first kappa shape index (κ1) is 16.2. The molecule has 0 aliphatic carbocycles. The molecule has 2 rings (SSSR count). The first-order valence-corrected chi connectivity index (χ1v) is 7.40. The van der Waals surface area contributed by atoms with Gasteiger partial charge in [0.1, 0.15) is 0 Å². The summed E-state index contributed by atoms with van der Waals surface area (Å²) in [5.41, 5.74) is 4.07. The van der Waals surface area contributed by atoms with Crippen LogP contribution in [0.3, 0.4) is 0 Å². The number of benzene rings is 1. The Kier molecular flexibility index (Phi) is 4.83. The number of hydrazine groups is 1. The second-order valence-corrected chi connectivity index (χ2v) is 6.02. The SMILES string of the molecule is CC(=O)NN(c1cc(Br)ccc1C)C1CC(F)(F)CCO1. The van der Waals surface area contributed by atoms with Crippen LogP contribution in [0, 0.1) is 6.92 Å². The van der Waals surface area contributed by atoms with Crippen LogP contribution in [0.1, 0.15) is 25.3 Å². The third-order valence-electron chi connectivity index (χ3n) is 3.25. The van der Waals surface area contributed by atoms with E-state index in [0.717, 1.165) is 10.0 Å². The van der Waals surface area contributed by atoms with Crippen LogP contribution in [-0.2, 0) is 9.53 Å². The summed E-state index contributed by atoms with van der Waals surface area (Å²) in [6, 6.07) is 5.46. The number of aryl methyl sites for hydroxylation is 1. The Morgan fingerprint density at radius 2 is 2.24 bits per heavy atom. The van der Waals surface area contributed by atoms with E-state index < -0.39 is 18.6 Å². The highest BCUT2D eigenvalue weighted by molar-refractivity contribution is 9.10. The summed E-state index contributed by atoms with van der Waals surface area (Å²) < 4.78 is 33.5. The van der Waals surface area contributed by atoms with E-state index in [1.165, 1.54) is 11.9 Å². The van der Waals surface area contributed by atoms with Gasteiger partial charge < -0.3 is 4.74 Å². The summed E-state index contributed by atoms with van der Waals surface area (Å²) >= 11 is 3.35. The topological polar surface area (TPSA) is 41.6 Å². The number of nitrogens with zero attached hydrogens (tertiary/aromatic N) is 1. The van der Waals surface area contributed by atoms with E-state index in [0.29, 0.717) is 5.69 Å². The molecule has 4 nitrogen and oxygen atoms in total. The van der Waals surface area contributed by atoms with Crippen LogP contribution >= 0.6 is 15.9 Å². The summed E-state index contributed by atoms with van der Waals surface area (Å²) in [5, 5.41) is 1.38. The number of halogens is 3. The standard InChI is InChI=1S/C14H17BrF2N2O2/c1-9-3-4-11(15)7-12(9)19(18-10(2)20)13-8-14(16,17)5-6-21-13/h3-4,7,13H,5-6,8H2,1-2H3,(H,18,20). The number of hydrogen-bond acceptors (Lipinski definition) is 3. The second kappa shape index (κ2) is 6.27. The summed E-state index contributed by atoms with van der Waals surface area (Å²) in [6.07, 6.45) is -1.65. The number of carbonyl (C=O) groups excluding carboxylic acids is 1. The van der Waals surface area contributed by atoms with Crippen molar-refractivity contribution >= 4 is 27.5 Å². The normalized spacial score (nSPS) is 20.9. The lowest BCUT2D eigenvalue weighted by Crippen LogP contribution is -2.53. The van der Waals surface area contributed by atoms with Crippen LogP contribution < -0.4 is 10.4 Å². The van der Waals surface area contributed by atoms with Gasteiger partial charge in [-0.1, -0.05) is 22.0 Å². The molecule has 0 bridgehead atoms. The van der Waals surface area contributed by atoms with Crippen molar-refractivity contribution in [2.24, 2.45) is 0 Å². The van der Waals surface area contributed by atoms with Gasteiger partial charge in [0.15, 0.2) is 6.23 Å². The van der Waals surface area contributed by atoms with Gasteiger partial charge in [0.25, 0.3) is 5.92 Å². The van der Waals surface area contributed by atoms with Gasteiger partial charge in [0.2, 0.25) is 5.91 Å². The number of rotatable bonds is 3. The Labute approximate surface area is 130 Å². The lowest BCUT2D eigenvalue weighted by Gasteiger charge is -2.38. The molecule has 0 spiro atoms. The van der Waals surface area contributed by atoms with Crippen molar-refractivity contribution in [2.45, 2.75) is 38.8 Å². The number of nitrogens with one attached hydrogen (secondary N) is 1. The Hall–Kier alpha value is -1.21. The average Bonchev–Trinajstić information content (AvgIpc) is 2.37. The molecular weight excluding hydrogens is 346 g/mol. The predicted molar refractivity (Wildman–Crippen MR) is 79.1 cm³/mol. The van der Waals surface area contributed by atoms with Gasteiger partial charge in [-0.05, 0) is 24.6 Å². The number of hydrogen-bond donors (Lipinski definition) is 1. The molecule has 1 aromatic rings. The molecule has 0 aromatic heterocycles. The van der Waals surface area contributed by atoms with Crippen LogP contribution in [0.15, 0.2) is 22.7 Å². The molecule has 1 aromatic carbocycles. The fourth-order valence-corrected chi connectivity index (χ4v) is 2.57. The minimum Gasteiger partial charge on any atom is -0.356 e. The second-order valence-electron chi connectivity index (χ2n) is 5.10. The Morgan fingerprint density at radius 3 is 2.86 bits per heavy atom. The molecule has 1 saturated heterocycles. The largest absolute Gasteiger partial charge is 0.356 e. The number of ether oxygens (including phenoxy) is 1. The molecular formula is C14H17BrF2N2O2. The Morgan fingerprint density at radius 1 is 1.52 bits per heavy atom. The molecule has 1 heterocycles. The zero-order valence-electron chi connectivity index (χ0n) is 11.8. The van der Waals surface area contributed by atoms with Gasteiger partial charge in [0, 0.05) is 17.8 Å². The Balaban J connectivity index is 2.34. The molecule has 116 valence electrons. The van der Waals surface area contributed by atoms with Crippen LogP contribution in [0.4, 0.5) is 14.5 Å². The highest BCUT2D eigenvalue weighted by atomic mass is 79.9. The lowest BCUT2D eigenvalue weighted by molar-refractivity contribution is -0.135. The number of alkyl halides is 2. The smallest absolute Gasteiger partial charge is 0.254 e. The quantitative estimate of drug-likeness (QED) is 0.838. The van der Waals surface area contributed by atoms with E-state index in [9.17, 15) is 13.6 Å². The van der Waals surface area contributed by atoms with Gasteiger partial charge in [-0.2, -0.15) is 0 Å². The van der Waals surface area contributed by atoms with E-state index in [1.54, 1.807) is 6.07 Å². The van der Waals surface area contributed by atoms with Crippen molar-refractivity contribution < 1.29 is 18.3 Å². The Bertz CT molecular complexity index is 540. The highest BCUT2D eigenvalue weighted by Crippen LogP contribution is 2.34. The highest BCUT2D eigenvalue weighted by Gasteiger charge is 2.40. The van der Waals surface area contributed by atoms with Gasteiger partial charge in [-0.25, -0.2) is 8.78 Å². The first-order chi connectivity index (χ1) is 9.78. The number of carbonyl (C=O) groups is 1. The first-order valence-electron chi connectivity index (χ1n) is 6.60. The third-order valence-corrected chi connectivity index (χ3v) is 3.74. The molecule has 0 radical (unpaired) electrons. The molecule has 7 heteroatoms. The lowest BCUT2D eigenvalue weighted by atomic mass is 10.1. The summed E-state index contributed by atoms with van der Waals surface area (Å²) in [7, 11) is 0. The van der Waals surface area contributed by atoms with Crippen molar-refractivity contribution in [1.82, 2.24) is 5.43 Å². The van der Waals surface area contributed by atoms with Crippen molar-refractivity contribution in [3.05, 3.63) is 28.2 Å². The van der Waals surface area contributed by atoms with Crippen molar-refractivity contribution in [2.75, 3.05) is 11.6 Å².